The summed E-state index contributed by atoms with van der Waals surface area (Å²) >= 11 is 0. The van der Waals surface area contributed by atoms with Crippen LogP contribution in [0.3, 0.4) is 0 Å². The van der Waals surface area contributed by atoms with Crippen LogP contribution in [0.4, 0.5) is 5.82 Å². The monoisotopic (exact) mass is 189 g/mol. The first-order valence-corrected chi connectivity index (χ1v) is 4.34. The molecule has 2 rings (SSSR count). The van der Waals surface area contributed by atoms with Crippen LogP contribution in [0.25, 0.3) is 11.3 Å². The van der Waals surface area contributed by atoms with Crippen molar-refractivity contribution in [2.24, 2.45) is 0 Å². The Labute approximate surface area is 81.7 Å². The highest BCUT2D eigenvalue weighted by atomic mass is 16.5. The van der Waals surface area contributed by atoms with Gasteiger partial charge < -0.3 is 10.3 Å². The van der Waals surface area contributed by atoms with Gasteiger partial charge in [0.25, 0.3) is 0 Å². The zero-order valence-corrected chi connectivity index (χ0v) is 8.11. The molecule has 2 aromatic heterocycles. The van der Waals surface area contributed by atoms with Crippen LogP contribution in [0.1, 0.15) is 11.3 Å². The van der Waals surface area contributed by atoms with Crippen LogP contribution in [0.5, 0.6) is 0 Å². The molecule has 4 heteroatoms. The van der Waals surface area contributed by atoms with E-state index >= 15 is 0 Å². The van der Waals surface area contributed by atoms with Crippen LogP contribution >= 0.6 is 0 Å². The van der Waals surface area contributed by atoms with E-state index in [4.69, 9.17) is 10.3 Å². The van der Waals surface area contributed by atoms with Crippen molar-refractivity contribution < 1.29 is 4.52 Å². The fourth-order valence-corrected chi connectivity index (χ4v) is 1.32. The van der Waals surface area contributed by atoms with Crippen molar-refractivity contribution in [3.05, 3.63) is 29.6 Å². The molecule has 0 spiro atoms. The van der Waals surface area contributed by atoms with Crippen LogP contribution in [0, 0.1) is 13.8 Å². The van der Waals surface area contributed by atoms with E-state index < -0.39 is 0 Å². The number of nitrogens with two attached hydrogens (primary N) is 1. The predicted molar refractivity (Wildman–Crippen MR) is 53.6 cm³/mol. The van der Waals surface area contributed by atoms with Crippen molar-refractivity contribution in [3.8, 4) is 11.3 Å². The van der Waals surface area contributed by atoms with E-state index in [1.165, 1.54) is 0 Å². The predicted octanol–water partition coefficient (Wildman–Crippen LogP) is 1.94. The number of aromatic nitrogens is 2. The summed E-state index contributed by atoms with van der Waals surface area (Å²) in [6.07, 6.45) is 1.74. The number of nitrogen functional groups attached to an aromatic ring is 1. The summed E-state index contributed by atoms with van der Waals surface area (Å²) in [6.45, 7) is 3.81. The number of aryl methyl sites for hydroxylation is 1. The molecular weight excluding hydrogens is 178 g/mol. The Hall–Kier alpha value is -1.84. The third kappa shape index (κ3) is 1.25. The maximum atomic E-state index is 5.60. The number of anilines is 1. The van der Waals surface area contributed by atoms with E-state index in [1.807, 2.05) is 26.0 Å². The molecule has 0 atom stereocenters. The summed E-state index contributed by atoms with van der Waals surface area (Å²) in [7, 11) is 0. The van der Waals surface area contributed by atoms with Gasteiger partial charge in [-0.3, -0.25) is 4.98 Å². The van der Waals surface area contributed by atoms with Crippen LogP contribution in [0.2, 0.25) is 0 Å². The Morgan fingerprint density at radius 1 is 1.36 bits per heavy atom. The molecule has 4 nitrogen and oxygen atoms in total. The molecule has 0 radical (unpaired) electrons. The van der Waals surface area contributed by atoms with Crippen LogP contribution in [0.15, 0.2) is 22.9 Å². The Morgan fingerprint density at radius 3 is 2.71 bits per heavy atom. The van der Waals surface area contributed by atoms with Gasteiger partial charge in [0.2, 0.25) is 0 Å². The van der Waals surface area contributed by atoms with E-state index in [9.17, 15) is 0 Å². The standard InChI is InChI=1S/C10H11N3O/c1-6-9(14-13-10(6)11)8-4-3-5-12-7(8)2/h3-5H,1-2H3,(H2,11,13). The zero-order valence-electron chi connectivity index (χ0n) is 8.11. The molecule has 0 aliphatic rings. The first kappa shape index (κ1) is 8.74. The van der Waals surface area contributed by atoms with Gasteiger partial charge in [-0.25, -0.2) is 0 Å². The minimum Gasteiger partial charge on any atom is -0.381 e. The fourth-order valence-electron chi connectivity index (χ4n) is 1.32. The molecule has 0 saturated heterocycles. The Morgan fingerprint density at radius 2 is 2.14 bits per heavy atom. The summed E-state index contributed by atoms with van der Waals surface area (Å²) in [6, 6.07) is 3.80. The smallest absolute Gasteiger partial charge is 0.173 e. The maximum Gasteiger partial charge on any atom is 0.173 e. The van der Waals surface area contributed by atoms with Gasteiger partial charge in [0, 0.05) is 23.0 Å². The summed E-state index contributed by atoms with van der Waals surface area (Å²) in [5.74, 6) is 1.14. The Balaban J connectivity index is 2.60. The summed E-state index contributed by atoms with van der Waals surface area (Å²) in [5.41, 5.74) is 8.31. The van der Waals surface area contributed by atoms with Gasteiger partial charge in [0.05, 0.1) is 0 Å². The van der Waals surface area contributed by atoms with Crippen molar-refractivity contribution in [2.45, 2.75) is 13.8 Å². The summed E-state index contributed by atoms with van der Waals surface area (Å²) in [4.78, 5) is 4.18. The first-order chi connectivity index (χ1) is 6.70. The normalized spacial score (nSPS) is 10.4. The fraction of sp³-hybridized carbons (Fsp3) is 0.200. The van der Waals surface area contributed by atoms with E-state index in [-0.39, 0.29) is 0 Å². The lowest BCUT2D eigenvalue weighted by Gasteiger charge is -2.00. The first-order valence-electron chi connectivity index (χ1n) is 4.34. The average Bonchev–Trinajstić information content (AvgIpc) is 2.49. The minimum atomic E-state index is 0.434. The quantitative estimate of drug-likeness (QED) is 0.744. The lowest BCUT2D eigenvalue weighted by Crippen LogP contribution is -1.89. The SMILES string of the molecule is Cc1ncccc1-c1onc(N)c1C. The van der Waals surface area contributed by atoms with E-state index in [0.29, 0.717) is 11.6 Å². The van der Waals surface area contributed by atoms with Gasteiger partial charge in [0.15, 0.2) is 11.6 Å². The highest BCUT2D eigenvalue weighted by molar-refractivity contribution is 5.67. The van der Waals surface area contributed by atoms with Crippen LogP contribution in [-0.4, -0.2) is 10.1 Å². The summed E-state index contributed by atoms with van der Waals surface area (Å²) in [5, 5.41) is 3.71. The molecule has 0 fully saturated rings. The number of pyridine rings is 1. The molecular formula is C10H11N3O. The van der Waals surface area contributed by atoms with E-state index in [1.54, 1.807) is 6.20 Å². The second-order valence-corrected chi connectivity index (χ2v) is 3.16. The number of hydrogen-bond acceptors (Lipinski definition) is 4. The molecule has 0 aliphatic heterocycles. The van der Waals surface area contributed by atoms with E-state index in [2.05, 4.69) is 10.1 Å². The topological polar surface area (TPSA) is 64.9 Å². The third-order valence-electron chi connectivity index (χ3n) is 2.21. The van der Waals surface area contributed by atoms with Crippen LogP contribution < -0.4 is 5.73 Å². The van der Waals surface area contributed by atoms with Gasteiger partial charge >= 0.3 is 0 Å². The van der Waals surface area contributed by atoms with Gasteiger partial charge in [-0.15, -0.1) is 0 Å². The van der Waals surface area contributed by atoms with Gasteiger partial charge in [0.1, 0.15) is 0 Å². The van der Waals surface area contributed by atoms with Crippen molar-refractivity contribution in [2.75, 3.05) is 5.73 Å². The molecule has 0 unspecified atom stereocenters. The maximum absolute atomic E-state index is 5.60. The number of nitrogens with zero attached hydrogens (tertiary/aromatic N) is 2. The molecule has 0 bridgehead atoms. The minimum absolute atomic E-state index is 0.434. The molecule has 2 N–H and O–H groups in total. The highest BCUT2D eigenvalue weighted by Crippen LogP contribution is 2.27. The summed E-state index contributed by atoms with van der Waals surface area (Å²) < 4.78 is 5.15. The second kappa shape index (κ2) is 3.14. The molecule has 72 valence electrons. The van der Waals surface area contributed by atoms with Gasteiger partial charge in [-0.1, -0.05) is 5.16 Å². The highest BCUT2D eigenvalue weighted by Gasteiger charge is 2.13. The molecule has 2 heterocycles. The lowest BCUT2D eigenvalue weighted by atomic mass is 10.1. The van der Waals surface area contributed by atoms with Crippen molar-refractivity contribution in [3.63, 3.8) is 0 Å². The van der Waals surface area contributed by atoms with Crippen molar-refractivity contribution in [1.82, 2.24) is 10.1 Å². The largest absolute Gasteiger partial charge is 0.381 e. The van der Waals surface area contributed by atoms with Crippen molar-refractivity contribution >= 4 is 5.82 Å². The second-order valence-electron chi connectivity index (χ2n) is 3.16. The lowest BCUT2D eigenvalue weighted by molar-refractivity contribution is 0.435. The molecule has 2 aromatic rings. The molecule has 0 aliphatic carbocycles. The molecule has 0 amide bonds. The zero-order chi connectivity index (χ0) is 10.1. The number of rotatable bonds is 1. The molecule has 0 aromatic carbocycles. The third-order valence-corrected chi connectivity index (χ3v) is 2.21. The van der Waals surface area contributed by atoms with Crippen LogP contribution in [-0.2, 0) is 0 Å². The van der Waals surface area contributed by atoms with Gasteiger partial charge in [-0.05, 0) is 26.0 Å². The molecule has 0 saturated carbocycles. The molecule has 14 heavy (non-hydrogen) atoms. The van der Waals surface area contributed by atoms with E-state index in [0.717, 1.165) is 16.8 Å². The van der Waals surface area contributed by atoms with Crippen molar-refractivity contribution in [1.29, 1.82) is 0 Å². The van der Waals surface area contributed by atoms with Gasteiger partial charge in [-0.2, -0.15) is 0 Å². The Kier molecular flexibility index (Phi) is 1.96. The Bertz CT molecular complexity index is 462. The average molecular weight is 189 g/mol. The number of hydrogen-bond donors (Lipinski definition) is 1.